The molecule has 1 unspecified atom stereocenters. The SMILES string of the molecule is CCNC(CSC1CCCC1)c1cccnc1. The summed E-state index contributed by atoms with van der Waals surface area (Å²) in [4.78, 5) is 4.22. The summed E-state index contributed by atoms with van der Waals surface area (Å²) in [7, 11) is 0. The van der Waals surface area contributed by atoms with Gasteiger partial charge in [-0.3, -0.25) is 4.98 Å². The molecule has 1 aromatic rings. The van der Waals surface area contributed by atoms with Crippen LogP contribution in [0.1, 0.15) is 44.2 Å². The molecule has 0 saturated heterocycles. The van der Waals surface area contributed by atoms with Crippen LogP contribution in [0.3, 0.4) is 0 Å². The van der Waals surface area contributed by atoms with Crippen molar-refractivity contribution >= 4 is 11.8 Å². The van der Waals surface area contributed by atoms with E-state index in [-0.39, 0.29) is 0 Å². The van der Waals surface area contributed by atoms with Gasteiger partial charge in [0.05, 0.1) is 0 Å². The predicted octanol–water partition coefficient (Wildman–Crippen LogP) is 3.41. The Morgan fingerprint density at radius 1 is 1.47 bits per heavy atom. The molecule has 1 aliphatic rings. The predicted molar refractivity (Wildman–Crippen MR) is 75.4 cm³/mol. The zero-order valence-corrected chi connectivity index (χ0v) is 11.4. The molecule has 0 bridgehead atoms. The summed E-state index contributed by atoms with van der Waals surface area (Å²) < 4.78 is 0. The van der Waals surface area contributed by atoms with Crippen molar-refractivity contribution in [1.82, 2.24) is 10.3 Å². The number of rotatable bonds is 6. The van der Waals surface area contributed by atoms with Crippen molar-refractivity contribution < 1.29 is 0 Å². The average molecular weight is 250 g/mol. The largest absolute Gasteiger partial charge is 0.309 e. The zero-order valence-electron chi connectivity index (χ0n) is 10.6. The van der Waals surface area contributed by atoms with Gasteiger partial charge in [0.15, 0.2) is 0 Å². The molecule has 0 aromatic carbocycles. The Labute approximate surface area is 109 Å². The third-order valence-corrected chi connectivity index (χ3v) is 4.81. The number of hydrogen-bond donors (Lipinski definition) is 1. The highest BCUT2D eigenvalue weighted by Gasteiger charge is 2.18. The van der Waals surface area contributed by atoms with E-state index in [4.69, 9.17) is 0 Å². The topological polar surface area (TPSA) is 24.9 Å². The first-order valence-electron chi connectivity index (χ1n) is 6.65. The van der Waals surface area contributed by atoms with Gasteiger partial charge in [0.25, 0.3) is 0 Å². The molecule has 1 aliphatic carbocycles. The molecule has 1 saturated carbocycles. The minimum Gasteiger partial charge on any atom is -0.309 e. The first-order chi connectivity index (χ1) is 8.40. The second kappa shape index (κ2) is 7.02. The van der Waals surface area contributed by atoms with Gasteiger partial charge in [-0.25, -0.2) is 0 Å². The molecule has 1 aromatic heterocycles. The molecule has 1 heterocycles. The molecule has 0 amide bonds. The van der Waals surface area contributed by atoms with E-state index < -0.39 is 0 Å². The molecule has 0 spiro atoms. The molecule has 17 heavy (non-hydrogen) atoms. The molecule has 1 atom stereocenters. The molecular formula is C14H22N2S. The normalized spacial score (nSPS) is 18.4. The highest BCUT2D eigenvalue weighted by molar-refractivity contribution is 7.99. The van der Waals surface area contributed by atoms with E-state index in [0.29, 0.717) is 6.04 Å². The third kappa shape index (κ3) is 4.00. The molecule has 0 aliphatic heterocycles. The van der Waals surface area contributed by atoms with Gasteiger partial charge in [-0.15, -0.1) is 0 Å². The van der Waals surface area contributed by atoms with Crippen LogP contribution in [0.5, 0.6) is 0 Å². The van der Waals surface area contributed by atoms with Gasteiger partial charge in [-0.1, -0.05) is 25.8 Å². The quantitative estimate of drug-likeness (QED) is 0.837. The Balaban J connectivity index is 1.88. The number of aromatic nitrogens is 1. The van der Waals surface area contributed by atoms with Crippen molar-refractivity contribution in [2.24, 2.45) is 0 Å². The molecule has 3 heteroatoms. The molecule has 0 radical (unpaired) electrons. The smallest absolute Gasteiger partial charge is 0.0427 e. The molecule has 2 nitrogen and oxygen atoms in total. The second-order valence-corrected chi connectivity index (χ2v) is 5.97. The van der Waals surface area contributed by atoms with Crippen molar-refractivity contribution in [2.45, 2.75) is 43.9 Å². The lowest BCUT2D eigenvalue weighted by atomic mass is 10.1. The fraction of sp³-hybridized carbons (Fsp3) is 0.643. The summed E-state index contributed by atoms with van der Waals surface area (Å²) >= 11 is 2.14. The van der Waals surface area contributed by atoms with Crippen LogP contribution in [0.2, 0.25) is 0 Å². The summed E-state index contributed by atoms with van der Waals surface area (Å²) in [5, 5.41) is 4.46. The molecular weight excluding hydrogens is 228 g/mol. The number of thioether (sulfide) groups is 1. The highest BCUT2D eigenvalue weighted by atomic mass is 32.2. The average Bonchev–Trinajstić information content (AvgIpc) is 2.88. The summed E-state index contributed by atoms with van der Waals surface area (Å²) in [5.41, 5.74) is 1.32. The first kappa shape index (κ1) is 12.9. The van der Waals surface area contributed by atoms with E-state index >= 15 is 0 Å². The number of hydrogen-bond acceptors (Lipinski definition) is 3. The maximum Gasteiger partial charge on any atom is 0.0427 e. The van der Waals surface area contributed by atoms with Crippen LogP contribution in [-0.4, -0.2) is 22.5 Å². The summed E-state index contributed by atoms with van der Waals surface area (Å²) in [6.07, 6.45) is 9.51. The summed E-state index contributed by atoms with van der Waals surface area (Å²) in [5.74, 6) is 1.17. The molecule has 1 fully saturated rings. The summed E-state index contributed by atoms with van der Waals surface area (Å²) in [6.45, 7) is 3.19. The minimum atomic E-state index is 0.458. The molecule has 94 valence electrons. The second-order valence-electron chi connectivity index (χ2n) is 4.64. The van der Waals surface area contributed by atoms with E-state index in [0.717, 1.165) is 11.8 Å². The lowest BCUT2D eigenvalue weighted by molar-refractivity contribution is 0.603. The van der Waals surface area contributed by atoms with E-state index in [1.165, 1.54) is 37.0 Å². The number of nitrogens with one attached hydrogen (secondary N) is 1. The highest BCUT2D eigenvalue weighted by Crippen LogP contribution is 2.31. The summed E-state index contributed by atoms with van der Waals surface area (Å²) in [6, 6.07) is 4.66. The van der Waals surface area contributed by atoms with E-state index in [1.807, 2.05) is 18.5 Å². The fourth-order valence-electron chi connectivity index (χ4n) is 2.39. The van der Waals surface area contributed by atoms with Crippen LogP contribution in [-0.2, 0) is 0 Å². The lowest BCUT2D eigenvalue weighted by Crippen LogP contribution is -2.23. The van der Waals surface area contributed by atoms with Gasteiger partial charge in [0, 0.05) is 29.4 Å². The van der Waals surface area contributed by atoms with Gasteiger partial charge in [0.2, 0.25) is 0 Å². The number of nitrogens with zero attached hydrogens (tertiary/aromatic N) is 1. The van der Waals surface area contributed by atoms with Gasteiger partial charge in [0.1, 0.15) is 0 Å². The number of pyridine rings is 1. The van der Waals surface area contributed by atoms with Crippen LogP contribution in [0.4, 0.5) is 0 Å². The van der Waals surface area contributed by atoms with Crippen LogP contribution in [0.25, 0.3) is 0 Å². The van der Waals surface area contributed by atoms with Crippen LogP contribution >= 0.6 is 11.8 Å². The Morgan fingerprint density at radius 3 is 2.94 bits per heavy atom. The van der Waals surface area contributed by atoms with Crippen LogP contribution in [0.15, 0.2) is 24.5 Å². The standard InChI is InChI=1S/C14H22N2S/c1-2-16-14(12-6-5-9-15-10-12)11-17-13-7-3-4-8-13/h5-6,9-10,13-14,16H,2-4,7-8,11H2,1H3. The lowest BCUT2D eigenvalue weighted by Gasteiger charge is -2.19. The van der Waals surface area contributed by atoms with Gasteiger partial charge in [-0.05, 0) is 31.0 Å². The van der Waals surface area contributed by atoms with Crippen LogP contribution < -0.4 is 5.32 Å². The van der Waals surface area contributed by atoms with Crippen LogP contribution in [0, 0.1) is 0 Å². The maximum atomic E-state index is 4.22. The van der Waals surface area contributed by atoms with E-state index in [2.05, 4.69) is 35.1 Å². The van der Waals surface area contributed by atoms with E-state index in [9.17, 15) is 0 Å². The fourth-order valence-corrected chi connectivity index (χ4v) is 3.83. The monoisotopic (exact) mass is 250 g/mol. The van der Waals surface area contributed by atoms with Gasteiger partial charge in [-0.2, -0.15) is 11.8 Å². The Bertz CT molecular complexity index is 309. The van der Waals surface area contributed by atoms with Crippen molar-refractivity contribution in [3.8, 4) is 0 Å². The Hall–Kier alpha value is -0.540. The Morgan fingerprint density at radius 2 is 2.29 bits per heavy atom. The van der Waals surface area contributed by atoms with E-state index in [1.54, 1.807) is 0 Å². The first-order valence-corrected chi connectivity index (χ1v) is 7.70. The molecule has 2 rings (SSSR count). The van der Waals surface area contributed by atoms with Crippen molar-refractivity contribution in [3.05, 3.63) is 30.1 Å². The van der Waals surface area contributed by atoms with Gasteiger partial charge < -0.3 is 5.32 Å². The zero-order chi connectivity index (χ0) is 11.9. The van der Waals surface area contributed by atoms with Crippen molar-refractivity contribution in [3.63, 3.8) is 0 Å². The van der Waals surface area contributed by atoms with Crippen molar-refractivity contribution in [1.29, 1.82) is 0 Å². The van der Waals surface area contributed by atoms with Crippen molar-refractivity contribution in [2.75, 3.05) is 12.3 Å². The van der Waals surface area contributed by atoms with Gasteiger partial charge >= 0.3 is 0 Å². The third-order valence-electron chi connectivity index (χ3n) is 3.34. The minimum absolute atomic E-state index is 0.458. The Kier molecular flexibility index (Phi) is 5.33. The maximum absolute atomic E-state index is 4.22. The molecule has 1 N–H and O–H groups in total.